The number of carboxylic acid groups (broad SMARTS) is 1. The van der Waals surface area contributed by atoms with E-state index in [-0.39, 0.29) is 29.8 Å². The number of aromatic amines is 1. The van der Waals surface area contributed by atoms with Gasteiger partial charge in [0.25, 0.3) is 0 Å². The molecule has 0 aromatic carbocycles. The minimum atomic E-state index is -0.763. The lowest BCUT2D eigenvalue weighted by Crippen LogP contribution is -2.41. The lowest BCUT2D eigenvalue weighted by atomic mass is 9.69. The zero-order valence-electron chi connectivity index (χ0n) is 22.3. The van der Waals surface area contributed by atoms with Gasteiger partial charge in [-0.15, -0.1) is 0 Å². The van der Waals surface area contributed by atoms with Crippen LogP contribution in [0.5, 0.6) is 0 Å². The normalized spacial score (nSPS) is 33.8. The van der Waals surface area contributed by atoms with Gasteiger partial charge in [-0.1, -0.05) is 57.1 Å². The molecule has 5 heteroatoms. The van der Waals surface area contributed by atoms with Crippen LogP contribution < -0.4 is 0 Å². The Morgan fingerprint density at radius 1 is 1.19 bits per heavy atom. The molecule has 5 nitrogen and oxygen atoms in total. The number of carbonyl (C=O) groups excluding carboxylic acids is 1. The highest BCUT2D eigenvalue weighted by molar-refractivity contribution is 5.97. The lowest BCUT2D eigenvalue weighted by molar-refractivity contribution is -0.154. The number of aliphatic carboxylic acids is 1. The van der Waals surface area contributed by atoms with Crippen LogP contribution in [0.3, 0.4) is 0 Å². The fourth-order valence-corrected chi connectivity index (χ4v) is 6.91. The molecule has 2 aliphatic carbocycles. The Morgan fingerprint density at radius 3 is 2.67 bits per heavy atom. The van der Waals surface area contributed by atoms with E-state index in [1.54, 1.807) is 0 Å². The zero-order valence-corrected chi connectivity index (χ0v) is 22.3. The first-order valence-electron chi connectivity index (χ1n) is 14.0. The number of aromatic nitrogens is 1. The number of ketones is 1. The van der Waals surface area contributed by atoms with E-state index in [0.29, 0.717) is 29.9 Å². The molecule has 196 valence electrons. The van der Waals surface area contributed by atoms with Crippen molar-refractivity contribution in [2.75, 3.05) is 0 Å². The molecule has 2 heterocycles. The van der Waals surface area contributed by atoms with E-state index in [1.165, 1.54) is 18.4 Å². The number of allylic oxidation sites excluding steroid dienone is 5. The maximum absolute atomic E-state index is 13.6. The summed E-state index contributed by atoms with van der Waals surface area (Å²) in [6, 6.07) is 3.79. The average Bonchev–Trinajstić information content (AvgIpc) is 3.56. The van der Waals surface area contributed by atoms with Gasteiger partial charge >= 0.3 is 5.97 Å². The van der Waals surface area contributed by atoms with Gasteiger partial charge in [0.1, 0.15) is 0 Å². The predicted molar refractivity (Wildman–Crippen MR) is 143 cm³/mol. The first-order chi connectivity index (χ1) is 17.3. The third kappa shape index (κ3) is 5.61. The van der Waals surface area contributed by atoms with Crippen LogP contribution in [0.1, 0.15) is 83.1 Å². The predicted octanol–water partition coefficient (Wildman–Crippen LogP) is 6.99. The Hall–Kier alpha value is -2.40. The van der Waals surface area contributed by atoms with Crippen LogP contribution in [0, 0.1) is 35.5 Å². The molecule has 0 bridgehead atoms. The summed E-state index contributed by atoms with van der Waals surface area (Å²) in [4.78, 5) is 28.5. The number of nitrogens with one attached hydrogen (secondary N) is 1. The first-order valence-corrected chi connectivity index (χ1v) is 14.0. The fraction of sp³-hybridized carbons (Fsp3) is 0.613. The molecular weight excluding hydrogens is 450 g/mol. The molecular formula is C31H43NO4. The van der Waals surface area contributed by atoms with Crippen molar-refractivity contribution in [2.24, 2.45) is 35.5 Å². The molecule has 3 aliphatic rings. The number of carboxylic acids is 1. The number of Topliss-reactive ketones (excluding diaryl/α,β-unsaturated/α-hetero) is 1. The molecule has 1 saturated heterocycles. The smallest absolute Gasteiger partial charge is 0.309 e. The summed E-state index contributed by atoms with van der Waals surface area (Å²) in [6.07, 6.45) is 17.3. The fourth-order valence-electron chi connectivity index (χ4n) is 6.91. The van der Waals surface area contributed by atoms with E-state index in [4.69, 9.17) is 4.74 Å². The van der Waals surface area contributed by atoms with E-state index in [0.717, 1.165) is 31.3 Å². The van der Waals surface area contributed by atoms with Crippen LogP contribution in [-0.4, -0.2) is 34.1 Å². The standard InChI is InChI=1S/C31H43NO4/c1-5-21(30-20(4)12-15-27(36-30)24(6-2)31(34)35)17-19(3)18-23-14-13-22-9-7-10-25(22)28(23)29(33)26-11-8-16-32-26/h8,11,13-14,16-18,20,22-25,27-28,30,32H,5-7,9-10,12,15H2,1-4H3,(H,34,35)/b19-18+,21-17+/t20-,22-,23-,24+,25+,27+,28?,30+/m0/s1. The van der Waals surface area contributed by atoms with Crippen LogP contribution in [0.2, 0.25) is 0 Å². The van der Waals surface area contributed by atoms with E-state index in [9.17, 15) is 14.7 Å². The minimum absolute atomic E-state index is 0.0373. The van der Waals surface area contributed by atoms with E-state index >= 15 is 0 Å². The van der Waals surface area contributed by atoms with Gasteiger partial charge in [0.05, 0.1) is 23.8 Å². The third-order valence-electron chi connectivity index (χ3n) is 8.84. The highest BCUT2D eigenvalue weighted by Crippen LogP contribution is 2.46. The Labute approximate surface area is 216 Å². The number of hydrogen-bond donors (Lipinski definition) is 2. The van der Waals surface area contributed by atoms with E-state index < -0.39 is 11.9 Å². The summed E-state index contributed by atoms with van der Waals surface area (Å²) in [5.74, 6) is 0.299. The van der Waals surface area contributed by atoms with Crippen LogP contribution in [0.15, 0.2) is 53.8 Å². The Kier molecular flexibility index (Phi) is 8.71. The second-order valence-corrected chi connectivity index (χ2v) is 11.2. The van der Waals surface area contributed by atoms with Crippen molar-refractivity contribution in [3.05, 3.63) is 59.5 Å². The highest BCUT2D eigenvalue weighted by Gasteiger charge is 2.42. The molecule has 1 aliphatic heterocycles. The average molecular weight is 494 g/mol. The molecule has 0 spiro atoms. The van der Waals surface area contributed by atoms with Crippen molar-refractivity contribution in [2.45, 2.75) is 84.8 Å². The van der Waals surface area contributed by atoms with Gasteiger partial charge in [-0.3, -0.25) is 9.59 Å². The molecule has 0 radical (unpaired) electrons. The lowest BCUT2D eigenvalue weighted by Gasteiger charge is -2.38. The summed E-state index contributed by atoms with van der Waals surface area (Å²) in [6.45, 7) is 8.41. The highest BCUT2D eigenvalue weighted by atomic mass is 16.5. The number of fused-ring (bicyclic) bond motifs is 1. The van der Waals surface area contributed by atoms with Crippen molar-refractivity contribution < 1.29 is 19.4 Å². The zero-order chi connectivity index (χ0) is 25.8. The SMILES string of the molecule is CC/C(=C\C(C)=C\[C@@H]1C=C[C@@H]2CCC[C@H]2C1C(=O)c1ccc[nH]1)[C@@H]1O[C@@H]([C@@H](CC)C(=O)O)CC[C@@H]1C. The second-order valence-electron chi connectivity index (χ2n) is 11.2. The van der Waals surface area contributed by atoms with Crippen molar-refractivity contribution >= 4 is 11.8 Å². The number of ether oxygens (including phenoxy) is 1. The van der Waals surface area contributed by atoms with Crippen LogP contribution in [0.25, 0.3) is 0 Å². The van der Waals surface area contributed by atoms with Crippen molar-refractivity contribution in [3.8, 4) is 0 Å². The van der Waals surface area contributed by atoms with E-state index in [2.05, 4.69) is 50.1 Å². The first kappa shape index (κ1) is 26.7. The second kappa shape index (κ2) is 11.8. The van der Waals surface area contributed by atoms with Crippen LogP contribution >= 0.6 is 0 Å². The Balaban J connectivity index is 1.58. The molecule has 1 saturated carbocycles. The van der Waals surface area contributed by atoms with Crippen LogP contribution in [0.4, 0.5) is 0 Å². The molecule has 0 amide bonds. The Morgan fingerprint density at radius 2 is 2.00 bits per heavy atom. The minimum Gasteiger partial charge on any atom is -0.481 e. The Bertz CT molecular complexity index is 1000. The van der Waals surface area contributed by atoms with Crippen molar-refractivity contribution in [1.29, 1.82) is 0 Å². The topological polar surface area (TPSA) is 79.4 Å². The summed E-state index contributed by atoms with van der Waals surface area (Å²) in [5.41, 5.74) is 3.07. The summed E-state index contributed by atoms with van der Waals surface area (Å²) in [5, 5.41) is 9.66. The van der Waals surface area contributed by atoms with Gasteiger partial charge in [-0.25, -0.2) is 0 Å². The van der Waals surface area contributed by atoms with Crippen molar-refractivity contribution in [1.82, 2.24) is 4.98 Å². The summed E-state index contributed by atoms with van der Waals surface area (Å²) in [7, 11) is 0. The molecule has 36 heavy (non-hydrogen) atoms. The van der Waals surface area contributed by atoms with Gasteiger partial charge in [0, 0.05) is 18.0 Å². The monoisotopic (exact) mass is 493 g/mol. The van der Waals surface area contributed by atoms with Gasteiger partial charge in [-0.2, -0.15) is 0 Å². The number of carbonyl (C=O) groups is 2. The van der Waals surface area contributed by atoms with Gasteiger partial charge in [0.2, 0.25) is 0 Å². The molecule has 1 unspecified atom stereocenters. The third-order valence-corrected chi connectivity index (χ3v) is 8.84. The maximum Gasteiger partial charge on any atom is 0.309 e. The van der Waals surface area contributed by atoms with E-state index in [1.807, 2.05) is 25.3 Å². The molecule has 8 atom stereocenters. The molecule has 2 N–H and O–H groups in total. The molecule has 2 fully saturated rings. The summed E-state index contributed by atoms with van der Waals surface area (Å²) < 4.78 is 6.47. The molecule has 1 aromatic heterocycles. The van der Waals surface area contributed by atoms with Gasteiger partial charge in [0.15, 0.2) is 5.78 Å². The number of H-pyrrole nitrogens is 1. The summed E-state index contributed by atoms with van der Waals surface area (Å²) >= 11 is 0. The maximum atomic E-state index is 13.6. The number of hydrogen-bond acceptors (Lipinski definition) is 3. The quantitative estimate of drug-likeness (QED) is 0.221. The largest absolute Gasteiger partial charge is 0.481 e. The van der Waals surface area contributed by atoms with Crippen LogP contribution in [-0.2, 0) is 9.53 Å². The molecule has 1 aromatic rings. The van der Waals surface area contributed by atoms with Gasteiger partial charge in [-0.05, 0) is 80.9 Å². The van der Waals surface area contributed by atoms with Crippen molar-refractivity contribution in [3.63, 3.8) is 0 Å². The number of rotatable bonds is 9. The van der Waals surface area contributed by atoms with Gasteiger partial charge < -0.3 is 14.8 Å². The molecule has 4 rings (SSSR count).